The van der Waals surface area contributed by atoms with Gasteiger partial charge >= 0.3 is 0 Å². The van der Waals surface area contributed by atoms with Crippen molar-refractivity contribution < 1.29 is 0 Å². The molecule has 4 heterocycles. The van der Waals surface area contributed by atoms with Gasteiger partial charge in [0.2, 0.25) is 11.9 Å². The van der Waals surface area contributed by atoms with Gasteiger partial charge in [0, 0.05) is 49.0 Å². The second-order valence-electron chi connectivity index (χ2n) is 6.76. The molecule has 138 valence electrons. The number of aryl methyl sites for hydroxylation is 2. The molecule has 0 aromatic carbocycles. The Morgan fingerprint density at radius 2 is 1.81 bits per heavy atom. The van der Waals surface area contributed by atoms with Crippen LogP contribution < -0.4 is 10.2 Å². The van der Waals surface area contributed by atoms with Crippen LogP contribution in [0.15, 0.2) is 36.9 Å². The molecule has 0 saturated carbocycles. The first-order valence-corrected chi connectivity index (χ1v) is 9.10. The van der Waals surface area contributed by atoms with Crippen molar-refractivity contribution in [3.63, 3.8) is 0 Å². The highest BCUT2D eigenvalue weighted by Crippen LogP contribution is 2.27. The summed E-state index contributed by atoms with van der Waals surface area (Å²) >= 11 is 0. The van der Waals surface area contributed by atoms with Crippen LogP contribution in [-0.4, -0.2) is 43.0 Å². The summed E-state index contributed by atoms with van der Waals surface area (Å²) in [6, 6.07) is 3.77. The van der Waals surface area contributed by atoms with Gasteiger partial charge in [0.05, 0.1) is 11.9 Å². The Bertz CT molecular complexity index is 894. The molecule has 3 aromatic rings. The highest BCUT2D eigenvalue weighted by atomic mass is 15.3. The van der Waals surface area contributed by atoms with Crippen LogP contribution in [0.2, 0.25) is 0 Å². The smallest absolute Gasteiger partial charge is 0.228 e. The Balaban J connectivity index is 1.51. The second-order valence-corrected chi connectivity index (χ2v) is 6.76. The van der Waals surface area contributed by atoms with E-state index in [1.807, 2.05) is 32.2 Å². The van der Waals surface area contributed by atoms with Gasteiger partial charge in [0.25, 0.3) is 0 Å². The number of hydrogen-bond donors (Lipinski definition) is 1. The molecule has 1 atom stereocenters. The minimum Gasteiger partial charge on any atom is -0.340 e. The SMILES string of the molecule is Cc1cc(C)nc(Nc2cncc([C@@H]3CCCN(c4ncccn4)C3)n2)n1. The highest BCUT2D eigenvalue weighted by molar-refractivity contribution is 5.47. The lowest BCUT2D eigenvalue weighted by molar-refractivity contribution is 0.494. The molecule has 3 aromatic heterocycles. The van der Waals surface area contributed by atoms with E-state index < -0.39 is 0 Å². The predicted molar refractivity (Wildman–Crippen MR) is 103 cm³/mol. The predicted octanol–water partition coefficient (Wildman–Crippen LogP) is 2.80. The number of hydrogen-bond acceptors (Lipinski definition) is 8. The van der Waals surface area contributed by atoms with Gasteiger partial charge in [-0.2, -0.15) is 0 Å². The minimum atomic E-state index is 0.289. The standard InChI is InChI=1S/C19H22N8/c1-13-9-14(2)24-18(23-13)26-17-11-20-10-16(25-17)15-5-3-8-27(12-15)19-21-6-4-7-22-19/h4,6-7,9-11,15H,3,5,8,12H2,1-2H3,(H,23,24,25,26)/t15-/m1/s1. The largest absolute Gasteiger partial charge is 0.340 e. The first-order valence-electron chi connectivity index (χ1n) is 9.10. The van der Waals surface area contributed by atoms with Gasteiger partial charge in [-0.3, -0.25) is 4.98 Å². The van der Waals surface area contributed by atoms with Crippen LogP contribution in [-0.2, 0) is 0 Å². The molecular weight excluding hydrogens is 340 g/mol. The van der Waals surface area contributed by atoms with Crippen LogP contribution in [0, 0.1) is 13.8 Å². The van der Waals surface area contributed by atoms with Gasteiger partial charge < -0.3 is 10.2 Å². The normalized spacial score (nSPS) is 17.0. The fraction of sp³-hybridized carbons (Fsp3) is 0.368. The quantitative estimate of drug-likeness (QED) is 0.757. The molecule has 0 unspecified atom stereocenters. The van der Waals surface area contributed by atoms with Crippen LogP contribution in [0.1, 0.15) is 35.8 Å². The molecule has 1 N–H and O–H groups in total. The summed E-state index contributed by atoms with van der Waals surface area (Å²) < 4.78 is 0. The minimum absolute atomic E-state index is 0.289. The van der Waals surface area contributed by atoms with Crippen molar-refractivity contribution in [2.24, 2.45) is 0 Å². The Hall–Kier alpha value is -3.16. The lowest BCUT2D eigenvalue weighted by Crippen LogP contribution is -2.35. The molecule has 0 aliphatic carbocycles. The summed E-state index contributed by atoms with van der Waals surface area (Å²) in [5.74, 6) is 2.26. The van der Waals surface area contributed by atoms with Crippen molar-refractivity contribution in [1.29, 1.82) is 0 Å². The third-order valence-corrected chi connectivity index (χ3v) is 4.55. The molecule has 27 heavy (non-hydrogen) atoms. The molecule has 0 amide bonds. The van der Waals surface area contributed by atoms with Crippen molar-refractivity contribution in [3.8, 4) is 0 Å². The van der Waals surface area contributed by atoms with Crippen molar-refractivity contribution in [1.82, 2.24) is 29.9 Å². The van der Waals surface area contributed by atoms with Crippen molar-refractivity contribution in [2.75, 3.05) is 23.3 Å². The molecule has 8 heteroatoms. The average Bonchev–Trinajstić information content (AvgIpc) is 2.68. The Labute approximate surface area is 158 Å². The van der Waals surface area contributed by atoms with Gasteiger partial charge in [0.15, 0.2) is 5.82 Å². The van der Waals surface area contributed by atoms with E-state index in [2.05, 4.69) is 35.1 Å². The number of nitrogens with one attached hydrogen (secondary N) is 1. The number of piperidine rings is 1. The van der Waals surface area contributed by atoms with Crippen molar-refractivity contribution >= 4 is 17.7 Å². The number of anilines is 3. The maximum atomic E-state index is 4.76. The van der Waals surface area contributed by atoms with Gasteiger partial charge in [-0.1, -0.05) is 0 Å². The fourth-order valence-corrected chi connectivity index (χ4v) is 3.39. The number of rotatable bonds is 4. The van der Waals surface area contributed by atoms with E-state index >= 15 is 0 Å². The summed E-state index contributed by atoms with van der Waals surface area (Å²) in [6.07, 6.45) is 9.24. The lowest BCUT2D eigenvalue weighted by atomic mass is 9.95. The maximum absolute atomic E-state index is 4.76. The van der Waals surface area contributed by atoms with Crippen LogP contribution in [0.4, 0.5) is 17.7 Å². The van der Waals surface area contributed by atoms with Gasteiger partial charge in [0.1, 0.15) is 0 Å². The second kappa shape index (κ2) is 7.61. The summed E-state index contributed by atoms with van der Waals surface area (Å²) in [5.41, 5.74) is 2.80. The van der Waals surface area contributed by atoms with Crippen molar-refractivity contribution in [2.45, 2.75) is 32.6 Å². The maximum Gasteiger partial charge on any atom is 0.228 e. The van der Waals surface area contributed by atoms with Crippen LogP contribution in [0.5, 0.6) is 0 Å². The zero-order valence-corrected chi connectivity index (χ0v) is 15.5. The van der Waals surface area contributed by atoms with Crippen LogP contribution in [0.25, 0.3) is 0 Å². The van der Waals surface area contributed by atoms with Gasteiger partial charge in [-0.15, -0.1) is 0 Å². The Morgan fingerprint density at radius 3 is 2.59 bits per heavy atom. The molecule has 1 saturated heterocycles. The van der Waals surface area contributed by atoms with E-state index in [9.17, 15) is 0 Å². The molecule has 1 fully saturated rings. The van der Waals surface area contributed by atoms with Crippen LogP contribution >= 0.6 is 0 Å². The molecule has 0 radical (unpaired) electrons. The van der Waals surface area contributed by atoms with E-state index in [-0.39, 0.29) is 5.92 Å². The lowest BCUT2D eigenvalue weighted by Gasteiger charge is -2.32. The van der Waals surface area contributed by atoms with Crippen molar-refractivity contribution in [3.05, 3.63) is 54.0 Å². The summed E-state index contributed by atoms with van der Waals surface area (Å²) in [6.45, 7) is 5.69. The van der Waals surface area contributed by atoms with E-state index in [1.54, 1.807) is 18.6 Å². The average molecular weight is 362 g/mol. The van der Waals surface area contributed by atoms with E-state index in [1.165, 1.54) is 0 Å². The third-order valence-electron chi connectivity index (χ3n) is 4.55. The highest BCUT2D eigenvalue weighted by Gasteiger charge is 2.24. The summed E-state index contributed by atoms with van der Waals surface area (Å²) in [7, 11) is 0. The molecular formula is C19H22N8. The van der Waals surface area contributed by atoms with E-state index in [4.69, 9.17) is 4.98 Å². The fourth-order valence-electron chi connectivity index (χ4n) is 3.39. The zero-order chi connectivity index (χ0) is 18.6. The monoisotopic (exact) mass is 362 g/mol. The number of nitrogens with zero attached hydrogens (tertiary/aromatic N) is 7. The molecule has 0 spiro atoms. The Morgan fingerprint density at radius 1 is 1.04 bits per heavy atom. The van der Waals surface area contributed by atoms with Gasteiger partial charge in [-0.25, -0.2) is 24.9 Å². The molecule has 4 rings (SSSR count). The molecule has 1 aliphatic rings. The topological polar surface area (TPSA) is 92.6 Å². The number of aromatic nitrogens is 6. The first kappa shape index (κ1) is 17.3. The molecule has 0 bridgehead atoms. The van der Waals surface area contributed by atoms with Gasteiger partial charge in [-0.05, 0) is 38.8 Å². The molecule has 1 aliphatic heterocycles. The summed E-state index contributed by atoms with van der Waals surface area (Å²) in [5, 5.41) is 3.17. The van der Waals surface area contributed by atoms with E-state index in [0.29, 0.717) is 11.8 Å². The Kier molecular flexibility index (Phi) is 4.86. The molecule has 8 nitrogen and oxygen atoms in total. The third kappa shape index (κ3) is 4.16. The first-order chi connectivity index (χ1) is 13.2. The van der Waals surface area contributed by atoms with E-state index in [0.717, 1.165) is 49.0 Å². The summed E-state index contributed by atoms with van der Waals surface area (Å²) in [4.78, 5) is 28.9. The van der Waals surface area contributed by atoms with Crippen LogP contribution in [0.3, 0.4) is 0 Å². The zero-order valence-electron chi connectivity index (χ0n) is 15.5.